The molecular formula is C7H8N2OS. The molecule has 0 saturated carbocycles. The summed E-state index contributed by atoms with van der Waals surface area (Å²) in [5.41, 5.74) is 5.01. The quantitative estimate of drug-likeness (QED) is 0.723. The Balaban J connectivity index is 2.90. The van der Waals surface area contributed by atoms with Gasteiger partial charge in [-0.1, -0.05) is 6.08 Å². The molecule has 0 aliphatic rings. The molecule has 1 aromatic rings. The topological polar surface area (TPSA) is 56.0 Å². The van der Waals surface area contributed by atoms with Crippen molar-refractivity contribution in [3.05, 3.63) is 22.2 Å². The maximum atomic E-state index is 10.6. The van der Waals surface area contributed by atoms with Crippen molar-refractivity contribution in [2.24, 2.45) is 5.73 Å². The SMILES string of the molecule is C/C=C\c1cnc(C(N)=O)s1. The fourth-order valence-electron chi connectivity index (χ4n) is 0.642. The first-order valence-corrected chi connectivity index (χ1v) is 3.94. The van der Waals surface area contributed by atoms with Crippen LogP contribution < -0.4 is 5.73 Å². The lowest BCUT2D eigenvalue weighted by molar-refractivity contribution is 0.1000. The molecule has 0 atom stereocenters. The number of primary amides is 1. The third-order valence-electron chi connectivity index (χ3n) is 1.07. The van der Waals surface area contributed by atoms with Gasteiger partial charge in [-0.15, -0.1) is 11.3 Å². The summed E-state index contributed by atoms with van der Waals surface area (Å²) >= 11 is 1.29. The van der Waals surface area contributed by atoms with Crippen molar-refractivity contribution in [2.45, 2.75) is 6.92 Å². The van der Waals surface area contributed by atoms with E-state index in [0.717, 1.165) is 4.88 Å². The summed E-state index contributed by atoms with van der Waals surface area (Å²) in [6.45, 7) is 1.91. The molecular weight excluding hydrogens is 160 g/mol. The second-order valence-electron chi connectivity index (χ2n) is 1.93. The van der Waals surface area contributed by atoms with E-state index in [9.17, 15) is 4.79 Å². The molecule has 1 rings (SSSR count). The van der Waals surface area contributed by atoms with E-state index < -0.39 is 5.91 Å². The first-order valence-electron chi connectivity index (χ1n) is 3.12. The minimum absolute atomic E-state index is 0.359. The lowest BCUT2D eigenvalue weighted by Gasteiger charge is -1.80. The summed E-state index contributed by atoms with van der Waals surface area (Å²) in [7, 11) is 0. The highest BCUT2D eigenvalue weighted by atomic mass is 32.1. The Kier molecular flexibility index (Phi) is 2.38. The van der Waals surface area contributed by atoms with E-state index in [1.54, 1.807) is 6.20 Å². The van der Waals surface area contributed by atoms with E-state index in [2.05, 4.69) is 4.98 Å². The summed E-state index contributed by atoms with van der Waals surface area (Å²) in [5, 5.41) is 0.359. The molecule has 4 heteroatoms. The van der Waals surface area contributed by atoms with Gasteiger partial charge in [-0.05, 0) is 13.0 Å². The van der Waals surface area contributed by atoms with Crippen molar-refractivity contribution in [3.8, 4) is 0 Å². The van der Waals surface area contributed by atoms with E-state index in [4.69, 9.17) is 5.73 Å². The van der Waals surface area contributed by atoms with Gasteiger partial charge < -0.3 is 5.73 Å². The number of nitrogens with two attached hydrogens (primary N) is 1. The van der Waals surface area contributed by atoms with Crippen LogP contribution in [0, 0.1) is 0 Å². The molecule has 2 N–H and O–H groups in total. The number of allylic oxidation sites excluding steroid dienone is 1. The van der Waals surface area contributed by atoms with Crippen LogP contribution in [0.25, 0.3) is 6.08 Å². The number of hydrogen-bond donors (Lipinski definition) is 1. The zero-order chi connectivity index (χ0) is 8.27. The van der Waals surface area contributed by atoms with E-state index in [0.29, 0.717) is 5.01 Å². The first kappa shape index (κ1) is 7.94. The maximum Gasteiger partial charge on any atom is 0.277 e. The first-order chi connectivity index (χ1) is 5.24. The molecule has 1 aromatic heterocycles. The molecule has 0 aliphatic carbocycles. The third kappa shape index (κ3) is 1.88. The Morgan fingerprint density at radius 3 is 3.00 bits per heavy atom. The fraction of sp³-hybridized carbons (Fsp3) is 0.143. The zero-order valence-electron chi connectivity index (χ0n) is 6.07. The van der Waals surface area contributed by atoms with Gasteiger partial charge in [0.25, 0.3) is 5.91 Å². The number of amides is 1. The summed E-state index contributed by atoms with van der Waals surface area (Å²) in [6, 6.07) is 0. The largest absolute Gasteiger partial charge is 0.364 e. The monoisotopic (exact) mass is 168 g/mol. The van der Waals surface area contributed by atoms with Crippen molar-refractivity contribution in [1.29, 1.82) is 0 Å². The fourth-order valence-corrected chi connectivity index (χ4v) is 1.38. The molecule has 0 fully saturated rings. The minimum atomic E-state index is -0.467. The summed E-state index contributed by atoms with van der Waals surface area (Å²) < 4.78 is 0. The predicted octanol–water partition coefficient (Wildman–Crippen LogP) is 1.28. The molecule has 0 unspecified atom stereocenters. The highest BCUT2D eigenvalue weighted by Crippen LogP contribution is 2.13. The van der Waals surface area contributed by atoms with Crippen molar-refractivity contribution in [2.75, 3.05) is 0 Å². The van der Waals surface area contributed by atoms with E-state index in [-0.39, 0.29) is 0 Å². The summed E-state index contributed by atoms with van der Waals surface area (Å²) in [5.74, 6) is -0.467. The van der Waals surface area contributed by atoms with E-state index in [1.807, 2.05) is 19.1 Å². The maximum absolute atomic E-state index is 10.6. The van der Waals surface area contributed by atoms with Gasteiger partial charge in [0.05, 0.1) is 0 Å². The second kappa shape index (κ2) is 3.30. The number of carbonyl (C=O) groups is 1. The van der Waals surface area contributed by atoms with Crippen LogP contribution in [-0.2, 0) is 0 Å². The molecule has 0 bridgehead atoms. The van der Waals surface area contributed by atoms with Gasteiger partial charge in [-0.25, -0.2) is 4.98 Å². The van der Waals surface area contributed by atoms with Crippen LogP contribution in [0.15, 0.2) is 12.3 Å². The third-order valence-corrected chi connectivity index (χ3v) is 2.04. The smallest absolute Gasteiger partial charge is 0.277 e. The Morgan fingerprint density at radius 2 is 2.55 bits per heavy atom. The average molecular weight is 168 g/mol. The Hall–Kier alpha value is -1.16. The number of carbonyl (C=O) groups excluding carboxylic acids is 1. The Labute approximate surface area is 68.6 Å². The van der Waals surface area contributed by atoms with Gasteiger partial charge >= 0.3 is 0 Å². The van der Waals surface area contributed by atoms with Crippen molar-refractivity contribution < 1.29 is 4.79 Å². The molecule has 11 heavy (non-hydrogen) atoms. The van der Waals surface area contributed by atoms with Gasteiger partial charge in [-0.3, -0.25) is 4.79 Å². The normalized spacial score (nSPS) is 10.6. The molecule has 1 heterocycles. The summed E-state index contributed by atoms with van der Waals surface area (Å²) in [6.07, 6.45) is 5.40. The highest BCUT2D eigenvalue weighted by Gasteiger charge is 2.03. The molecule has 0 aromatic carbocycles. The molecule has 3 nitrogen and oxygen atoms in total. The highest BCUT2D eigenvalue weighted by molar-refractivity contribution is 7.14. The minimum Gasteiger partial charge on any atom is -0.364 e. The van der Waals surface area contributed by atoms with Crippen LogP contribution >= 0.6 is 11.3 Å². The molecule has 58 valence electrons. The predicted molar refractivity (Wildman–Crippen MR) is 45.3 cm³/mol. The van der Waals surface area contributed by atoms with E-state index in [1.165, 1.54) is 11.3 Å². The van der Waals surface area contributed by atoms with Gasteiger partial charge in [-0.2, -0.15) is 0 Å². The van der Waals surface area contributed by atoms with Crippen molar-refractivity contribution in [1.82, 2.24) is 4.98 Å². The van der Waals surface area contributed by atoms with Crippen LogP contribution in [0.5, 0.6) is 0 Å². The Bertz CT molecular complexity index is 290. The molecule has 0 aliphatic heterocycles. The second-order valence-corrected chi connectivity index (χ2v) is 2.99. The van der Waals surface area contributed by atoms with Crippen LogP contribution in [0.4, 0.5) is 0 Å². The average Bonchev–Trinajstić information content (AvgIpc) is 2.37. The molecule has 0 radical (unpaired) electrons. The van der Waals surface area contributed by atoms with Crippen LogP contribution in [-0.4, -0.2) is 10.9 Å². The molecule has 0 saturated heterocycles. The van der Waals surface area contributed by atoms with Gasteiger partial charge in [0.2, 0.25) is 0 Å². The number of hydrogen-bond acceptors (Lipinski definition) is 3. The zero-order valence-corrected chi connectivity index (χ0v) is 6.89. The molecule has 0 spiro atoms. The lowest BCUT2D eigenvalue weighted by Crippen LogP contribution is -2.09. The van der Waals surface area contributed by atoms with Crippen LogP contribution in [0.2, 0.25) is 0 Å². The lowest BCUT2D eigenvalue weighted by atomic mass is 10.5. The van der Waals surface area contributed by atoms with Gasteiger partial charge in [0.1, 0.15) is 0 Å². The number of aromatic nitrogens is 1. The summed E-state index contributed by atoms with van der Waals surface area (Å²) in [4.78, 5) is 15.3. The van der Waals surface area contributed by atoms with Gasteiger partial charge in [0.15, 0.2) is 5.01 Å². The number of rotatable bonds is 2. The van der Waals surface area contributed by atoms with E-state index >= 15 is 0 Å². The standard InChI is InChI=1S/C7H8N2OS/c1-2-3-5-4-9-7(11-5)6(8)10/h2-4H,1H3,(H2,8,10)/b3-2-. The number of thiazole rings is 1. The Morgan fingerprint density at radius 1 is 1.82 bits per heavy atom. The van der Waals surface area contributed by atoms with Crippen LogP contribution in [0.3, 0.4) is 0 Å². The van der Waals surface area contributed by atoms with Crippen molar-refractivity contribution >= 4 is 23.3 Å². The van der Waals surface area contributed by atoms with Gasteiger partial charge in [0, 0.05) is 11.1 Å². The number of nitrogens with zero attached hydrogens (tertiary/aromatic N) is 1. The van der Waals surface area contributed by atoms with Crippen LogP contribution in [0.1, 0.15) is 21.6 Å². The van der Waals surface area contributed by atoms with Crippen molar-refractivity contribution in [3.63, 3.8) is 0 Å². The molecule has 1 amide bonds.